The van der Waals surface area contributed by atoms with E-state index < -0.39 is 5.60 Å². The molecule has 1 aromatic rings. The maximum atomic E-state index is 13.6. The summed E-state index contributed by atoms with van der Waals surface area (Å²) < 4.78 is 18.4. The van der Waals surface area contributed by atoms with Gasteiger partial charge in [-0.15, -0.1) is 0 Å². The minimum Gasteiger partial charge on any atom is -0.494 e. The molecule has 1 aliphatic rings. The normalized spacial score (nSPS) is 26.5. The van der Waals surface area contributed by atoms with E-state index in [0.717, 1.165) is 24.8 Å². The third-order valence-electron chi connectivity index (χ3n) is 4.07. The molecule has 1 aliphatic carbocycles. The first kappa shape index (κ1) is 15.3. The molecule has 2 N–H and O–H groups in total. The number of halogens is 1. The average molecular weight is 281 g/mol. The third-order valence-corrected chi connectivity index (χ3v) is 4.07. The van der Waals surface area contributed by atoms with E-state index in [9.17, 15) is 9.50 Å². The molecular weight excluding hydrogens is 257 g/mol. The van der Waals surface area contributed by atoms with Crippen LogP contribution >= 0.6 is 0 Å². The number of hydrogen-bond donors (Lipinski definition) is 2. The largest absolute Gasteiger partial charge is 0.494 e. The molecule has 0 amide bonds. The maximum absolute atomic E-state index is 13.6. The number of methoxy groups -OCH3 is 1. The van der Waals surface area contributed by atoms with E-state index in [0.29, 0.717) is 19.0 Å². The minimum absolute atomic E-state index is 0.258. The lowest BCUT2D eigenvalue weighted by molar-refractivity contribution is -0.0119. The lowest BCUT2D eigenvalue weighted by atomic mass is 9.79. The van der Waals surface area contributed by atoms with Crippen molar-refractivity contribution in [2.45, 2.75) is 44.8 Å². The molecule has 2 atom stereocenters. The summed E-state index contributed by atoms with van der Waals surface area (Å²) in [6.07, 6.45) is 3.97. The highest BCUT2D eigenvalue weighted by Crippen LogP contribution is 2.31. The zero-order valence-corrected chi connectivity index (χ0v) is 12.3. The van der Waals surface area contributed by atoms with Crippen molar-refractivity contribution in [3.8, 4) is 5.75 Å². The lowest BCUT2D eigenvalue weighted by Crippen LogP contribution is -2.43. The molecule has 4 heteroatoms. The highest BCUT2D eigenvalue weighted by Gasteiger charge is 2.31. The molecule has 20 heavy (non-hydrogen) atoms. The van der Waals surface area contributed by atoms with Crippen molar-refractivity contribution in [1.29, 1.82) is 0 Å². The van der Waals surface area contributed by atoms with Gasteiger partial charge in [0.25, 0.3) is 0 Å². The van der Waals surface area contributed by atoms with Gasteiger partial charge >= 0.3 is 0 Å². The number of nitrogens with one attached hydrogen (secondary N) is 1. The fraction of sp³-hybridized carbons (Fsp3) is 0.625. The van der Waals surface area contributed by atoms with E-state index in [2.05, 4.69) is 12.2 Å². The molecule has 0 bridgehead atoms. The van der Waals surface area contributed by atoms with E-state index >= 15 is 0 Å². The molecule has 0 aliphatic heterocycles. The minimum atomic E-state index is -0.608. The molecular formula is C16H24FNO2. The Kier molecular flexibility index (Phi) is 5.00. The zero-order valence-electron chi connectivity index (χ0n) is 12.3. The summed E-state index contributed by atoms with van der Waals surface area (Å²) in [5.41, 5.74) is 0.249. The van der Waals surface area contributed by atoms with Crippen LogP contribution in [0.5, 0.6) is 5.75 Å². The number of aliphatic hydroxyl groups is 1. The smallest absolute Gasteiger partial charge is 0.165 e. The molecule has 1 saturated carbocycles. The van der Waals surface area contributed by atoms with E-state index in [1.165, 1.54) is 19.6 Å². The highest BCUT2D eigenvalue weighted by molar-refractivity contribution is 5.29. The van der Waals surface area contributed by atoms with Crippen molar-refractivity contribution in [2.75, 3.05) is 13.7 Å². The van der Waals surface area contributed by atoms with Crippen LogP contribution in [0, 0.1) is 11.7 Å². The van der Waals surface area contributed by atoms with Crippen LogP contribution in [0.1, 0.15) is 38.2 Å². The van der Waals surface area contributed by atoms with Gasteiger partial charge in [0, 0.05) is 13.1 Å². The molecule has 1 fully saturated rings. The summed E-state index contributed by atoms with van der Waals surface area (Å²) in [6, 6.07) is 4.94. The Morgan fingerprint density at radius 1 is 1.50 bits per heavy atom. The summed E-state index contributed by atoms with van der Waals surface area (Å²) in [6.45, 7) is 3.30. The van der Waals surface area contributed by atoms with Crippen LogP contribution < -0.4 is 10.1 Å². The van der Waals surface area contributed by atoms with Crippen LogP contribution in [0.4, 0.5) is 4.39 Å². The van der Waals surface area contributed by atoms with Gasteiger partial charge < -0.3 is 15.2 Å². The topological polar surface area (TPSA) is 41.5 Å². The first-order chi connectivity index (χ1) is 9.52. The summed E-state index contributed by atoms with van der Waals surface area (Å²) in [7, 11) is 1.45. The van der Waals surface area contributed by atoms with Gasteiger partial charge in [-0.05, 0) is 36.5 Å². The van der Waals surface area contributed by atoms with Crippen molar-refractivity contribution >= 4 is 0 Å². The van der Waals surface area contributed by atoms with Crippen molar-refractivity contribution in [2.24, 2.45) is 5.92 Å². The SMILES string of the molecule is COc1ccc(CNCC2(O)CCCC(C)C2)cc1F. The molecule has 112 valence electrons. The first-order valence-electron chi connectivity index (χ1n) is 7.28. The fourth-order valence-corrected chi connectivity index (χ4v) is 3.05. The number of hydrogen-bond acceptors (Lipinski definition) is 3. The maximum Gasteiger partial charge on any atom is 0.165 e. The summed E-state index contributed by atoms with van der Waals surface area (Å²) in [5, 5.41) is 13.7. The molecule has 0 aromatic heterocycles. The van der Waals surface area contributed by atoms with E-state index in [-0.39, 0.29) is 11.6 Å². The van der Waals surface area contributed by atoms with Gasteiger partial charge in [0.15, 0.2) is 11.6 Å². The van der Waals surface area contributed by atoms with Gasteiger partial charge in [0.2, 0.25) is 0 Å². The molecule has 0 spiro atoms. The van der Waals surface area contributed by atoms with E-state index in [1.807, 2.05) is 6.07 Å². The monoisotopic (exact) mass is 281 g/mol. The van der Waals surface area contributed by atoms with Crippen molar-refractivity contribution in [3.63, 3.8) is 0 Å². The van der Waals surface area contributed by atoms with E-state index in [4.69, 9.17) is 4.74 Å². The van der Waals surface area contributed by atoms with Gasteiger partial charge in [-0.25, -0.2) is 4.39 Å². The van der Waals surface area contributed by atoms with Gasteiger partial charge in [0.1, 0.15) is 0 Å². The molecule has 3 nitrogen and oxygen atoms in total. The second-order valence-electron chi connectivity index (χ2n) is 6.00. The standard InChI is InChI=1S/C16H24FNO2/c1-12-4-3-7-16(19,9-12)11-18-10-13-5-6-15(20-2)14(17)8-13/h5-6,8,12,18-19H,3-4,7,9-11H2,1-2H3. The van der Waals surface area contributed by atoms with Gasteiger partial charge in [-0.2, -0.15) is 0 Å². The highest BCUT2D eigenvalue weighted by atomic mass is 19.1. The Labute approximate surface area is 120 Å². The summed E-state index contributed by atoms with van der Waals surface area (Å²) in [4.78, 5) is 0. The van der Waals surface area contributed by atoms with Gasteiger partial charge in [0.05, 0.1) is 12.7 Å². The molecule has 2 rings (SSSR count). The van der Waals surface area contributed by atoms with E-state index in [1.54, 1.807) is 6.07 Å². The van der Waals surface area contributed by atoms with Crippen LogP contribution in [0.25, 0.3) is 0 Å². The molecule has 1 aromatic carbocycles. The number of rotatable bonds is 5. The number of ether oxygens (including phenoxy) is 1. The Morgan fingerprint density at radius 2 is 2.30 bits per heavy atom. The van der Waals surface area contributed by atoms with Crippen molar-refractivity contribution < 1.29 is 14.2 Å². The van der Waals surface area contributed by atoms with Crippen LogP contribution in [0.15, 0.2) is 18.2 Å². The van der Waals surface area contributed by atoms with Gasteiger partial charge in [-0.3, -0.25) is 0 Å². The Balaban J connectivity index is 1.85. The second kappa shape index (κ2) is 6.55. The molecule has 0 heterocycles. The molecule has 0 saturated heterocycles. The zero-order chi connectivity index (χ0) is 14.6. The van der Waals surface area contributed by atoms with Crippen molar-refractivity contribution in [1.82, 2.24) is 5.32 Å². The first-order valence-corrected chi connectivity index (χ1v) is 7.28. The lowest BCUT2D eigenvalue weighted by Gasteiger charge is -2.35. The van der Waals surface area contributed by atoms with Crippen LogP contribution in [-0.4, -0.2) is 24.4 Å². The van der Waals surface area contributed by atoms with Crippen molar-refractivity contribution in [3.05, 3.63) is 29.6 Å². The molecule has 2 unspecified atom stereocenters. The Hall–Kier alpha value is -1.13. The van der Waals surface area contributed by atoms with Gasteiger partial charge in [-0.1, -0.05) is 25.8 Å². The predicted octanol–water partition coefficient (Wildman–Crippen LogP) is 2.87. The number of benzene rings is 1. The second-order valence-corrected chi connectivity index (χ2v) is 6.00. The summed E-state index contributed by atoms with van der Waals surface area (Å²) in [5.74, 6) is 0.485. The predicted molar refractivity (Wildman–Crippen MR) is 77.2 cm³/mol. The Bertz CT molecular complexity index is 452. The molecule has 0 radical (unpaired) electrons. The van der Waals surface area contributed by atoms with Crippen LogP contribution in [0.2, 0.25) is 0 Å². The van der Waals surface area contributed by atoms with Crippen LogP contribution in [0.3, 0.4) is 0 Å². The average Bonchev–Trinajstić information content (AvgIpc) is 2.38. The summed E-state index contributed by atoms with van der Waals surface area (Å²) >= 11 is 0. The van der Waals surface area contributed by atoms with Crippen LogP contribution in [-0.2, 0) is 6.54 Å². The Morgan fingerprint density at radius 3 is 2.95 bits per heavy atom. The third kappa shape index (κ3) is 3.93. The fourth-order valence-electron chi connectivity index (χ4n) is 3.05. The quantitative estimate of drug-likeness (QED) is 0.872.